The molecule has 50 heavy (non-hydrogen) atoms. The van der Waals surface area contributed by atoms with Crippen molar-refractivity contribution in [3.63, 3.8) is 0 Å². The monoisotopic (exact) mass is 693 g/mol. The molecule has 0 aromatic heterocycles. The van der Waals surface area contributed by atoms with Crippen LogP contribution in [0.25, 0.3) is 0 Å². The normalized spacial score (nSPS) is 26.1. The van der Waals surface area contributed by atoms with E-state index in [1.807, 2.05) is 42.5 Å². The van der Waals surface area contributed by atoms with Crippen molar-refractivity contribution in [1.82, 2.24) is 25.8 Å². The van der Waals surface area contributed by atoms with Crippen LogP contribution in [0.2, 0.25) is 0 Å². The van der Waals surface area contributed by atoms with E-state index in [4.69, 9.17) is 4.74 Å². The zero-order chi connectivity index (χ0) is 35.1. The summed E-state index contributed by atoms with van der Waals surface area (Å²) >= 11 is 0. The summed E-state index contributed by atoms with van der Waals surface area (Å²) in [7, 11) is 1.66. The maximum Gasteiger partial charge on any atom is 0.248 e. The number of fused-ring (bicyclic) bond motifs is 2. The van der Waals surface area contributed by atoms with E-state index < -0.39 is 11.5 Å². The molecule has 1 saturated carbocycles. The van der Waals surface area contributed by atoms with Crippen LogP contribution in [0, 0.1) is 11.8 Å². The molecule has 1 spiro atoms. The average molecular weight is 694 g/mol. The second-order valence-corrected chi connectivity index (χ2v) is 15.1. The van der Waals surface area contributed by atoms with Gasteiger partial charge in [-0.25, -0.2) is 8.78 Å². The number of hydrogen-bond donors (Lipinski definition) is 3. The smallest absolute Gasteiger partial charge is 0.248 e. The number of nitrogens with one attached hydrogen (secondary N) is 3. The summed E-state index contributed by atoms with van der Waals surface area (Å²) in [6, 6.07) is 15.9. The molecule has 3 heterocycles. The van der Waals surface area contributed by atoms with Crippen molar-refractivity contribution < 1.29 is 27.9 Å². The third kappa shape index (κ3) is 9.60. The number of carbonyl (C=O) groups excluding carboxylic acids is 3. The van der Waals surface area contributed by atoms with Crippen molar-refractivity contribution in [2.24, 2.45) is 11.8 Å². The Morgan fingerprint density at radius 1 is 0.820 bits per heavy atom. The molecule has 272 valence electrons. The van der Waals surface area contributed by atoms with Gasteiger partial charge in [-0.3, -0.25) is 19.3 Å². The molecule has 3 fully saturated rings. The second-order valence-electron chi connectivity index (χ2n) is 15.1. The average Bonchev–Trinajstić information content (AvgIpc) is 3.09. The highest BCUT2D eigenvalue weighted by Gasteiger charge is 2.41. The molecular formula is C39H53F2N5O4. The highest BCUT2D eigenvalue weighted by atomic mass is 19.3. The van der Waals surface area contributed by atoms with Crippen molar-refractivity contribution in [3.8, 4) is 5.75 Å². The summed E-state index contributed by atoms with van der Waals surface area (Å²) in [5, 5.41) is 9.57. The van der Waals surface area contributed by atoms with E-state index in [2.05, 4.69) is 31.8 Å². The topological polar surface area (TPSA) is 103 Å². The maximum atomic E-state index is 13.9. The SMILES string of the molecule is COc1cccc(CN2CCC3(CC2)CC(=O)NCC[C@H]2CN(C4CCC(F)(F)CC4)CC[C@H]2CC(=O)NCc2ccccc2CC(=O)N3)c1. The van der Waals surface area contributed by atoms with Crippen molar-refractivity contribution in [2.45, 2.75) is 101 Å². The standard InChI is InChI=1S/C39H53F2N5O4/c1-50-34-8-4-5-28(21-34)26-45-19-15-38(16-20-45)24-37(49)42-17-11-32-27-46(33-9-13-39(40,41)14-10-33)18-12-30(32)22-35(47)43-25-31-7-3-2-6-29(31)23-36(48)44-38/h2-8,21,30,32-33H,9-20,22-27H2,1H3,(H,42,49)(H,43,47)(H,44,48)/t30-,32-/m0/s1. The van der Waals surface area contributed by atoms with Gasteiger partial charge in [0.15, 0.2) is 0 Å². The fourth-order valence-electron chi connectivity index (χ4n) is 8.63. The van der Waals surface area contributed by atoms with Crippen molar-refractivity contribution in [2.75, 3.05) is 39.8 Å². The van der Waals surface area contributed by atoms with Crippen LogP contribution in [-0.4, -0.2) is 84.9 Å². The lowest BCUT2D eigenvalue weighted by Crippen LogP contribution is -2.57. The van der Waals surface area contributed by atoms with Crippen LogP contribution < -0.4 is 20.7 Å². The Bertz CT molecular complexity index is 1490. The minimum atomic E-state index is -2.57. The van der Waals surface area contributed by atoms with Crippen LogP contribution in [0.3, 0.4) is 0 Å². The van der Waals surface area contributed by atoms with Gasteiger partial charge in [-0.05, 0) is 85.7 Å². The fourth-order valence-corrected chi connectivity index (χ4v) is 8.63. The Labute approximate surface area is 294 Å². The molecule has 2 saturated heterocycles. The van der Waals surface area contributed by atoms with Gasteiger partial charge in [0.05, 0.1) is 19.1 Å². The van der Waals surface area contributed by atoms with Gasteiger partial charge in [0.1, 0.15) is 5.75 Å². The summed E-state index contributed by atoms with van der Waals surface area (Å²) in [4.78, 5) is 45.2. The van der Waals surface area contributed by atoms with Gasteiger partial charge < -0.3 is 25.6 Å². The van der Waals surface area contributed by atoms with Crippen LogP contribution in [-0.2, 0) is 33.9 Å². The third-order valence-corrected chi connectivity index (χ3v) is 11.6. The zero-order valence-electron chi connectivity index (χ0n) is 29.4. The molecule has 9 nitrogen and oxygen atoms in total. The Kier molecular flexibility index (Phi) is 11.7. The number of amides is 3. The number of carbonyl (C=O) groups is 3. The third-order valence-electron chi connectivity index (χ3n) is 11.6. The molecule has 0 unspecified atom stereocenters. The van der Waals surface area contributed by atoms with Crippen LogP contribution in [0.1, 0.15) is 80.9 Å². The molecule has 0 radical (unpaired) electrons. The molecule has 2 atom stereocenters. The molecule has 2 aromatic rings. The number of halogens is 2. The number of methoxy groups -OCH3 is 1. The van der Waals surface area contributed by atoms with E-state index in [0.717, 1.165) is 61.6 Å². The lowest BCUT2D eigenvalue weighted by Gasteiger charge is -2.44. The number of ether oxygens (including phenoxy) is 1. The van der Waals surface area contributed by atoms with E-state index in [1.54, 1.807) is 7.11 Å². The first-order valence-electron chi connectivity index (χ1n) is 18.5. The van der Waals surface area contributed by atoms with Crippen molar-refractivity contribution in [3.05, 3.63) is 65.2 Å². The fraction of sp³-hybridized carbons (Fsp3) is 0.615. The highest BCUT2D eigenvalue weighted by Crippen LogP contribution is 2.38. The largest absolute Gasteiger partial charge is 0.497 e. The van der Waals surface area contributed by atoms with Gasteiger partial charge in [-0.15, -0.1) is 0 Å². The summed E-state index contributed by atoms with van der Waals surface area (Å²) in [5.41, 5.74) is 2.24. The highest BCUT2D eigenvalue weighted by molar-refractivity contribution is 5.82. The predicted octanol–water partition coefficient (Wildman–Crippen LogP) is 4.82. The molecule has 1 aliphatic carbocycles. The van der Waals surface area contributed by atoms with Crippen LogP contribution in [0.5, 0.6) is 5.75 Å². The molecule has 3 amide bonds. The molecule has 2 aromatic carbocycles. The number of piperidine rings is 2. The van der Waals surface area contributed by atoms with E-state index >= 15 is 0 Å². The Hall–Kier alpha value is -3.57. The van der Waals surface area contributed by atoms with E-state index in [1.165, 1.54) is 0 Å². The van der Waals surface area contributed by atoms with Gasteiger partial charge in [-0.1, -0.05) is 36.4 Å². The first kappa shape index (κ1) is 36.2. The minimum Gasteiger partial charge on any atom is -0.497 e. The van der Waals surface area contributed by atoms with Crippen molar-refractivity contribution >= 4 is 17.7 Å². The number of likely N-dealkylation sites (tertiary alicyclic amines) is 2. The molecular weight excluding hydrogens is 640 g/mol. The maximum absolute atomic E-state index is 13.9. The first-order valence-corrected chi connectivity index (χ1v) is 18.5. The van der Waals surface area contributed by atoms with Crippen LogP contribution in [0.4, 0.5) is 8.78 Å². The lowest BCUT2D eigenvalue weighted by atomic mass is 9.79. The van der Waals surface area contributed by atoms with Crippen molar-refractivity contribution in [1.29, 1.82) is 0 Å². The number of hydrogen-bond acceptors (Lipinski definition) is 6. The molecule has 6 rings (SSSR count). The Morgan fingerprint density at radius 2 is 1.58 bits per heavy atom. The van der Waals surface area contributed by atoms with Gasteiger partial charge in [-0.2, -0.15) is 0 Å². The van der Waals surface area contributed by atoms with E-state index in [9.17, 15) is 23.2 Å². The molecule has 11 heteroatoms. The lowest BCUT2D eigenvalue weighted by molar-refractivity contribution is -0.127. The second kappa shape index (κ2) is 16.2. The van der Waals surface area contributed by atoms with Gasteiger partial charge in [0.25, 0.3) is 0 Å². The Balaban J connectivity index is 1.16. The van der Waals surface area contributed by atoms with Gasteiger partial charge in [0.2, 0.25) is 23.6 Å². The zero-order valence-corrected chi connectivity index (χ0v) is 29.4. The summed E-state index contributed by atoms with van der Waals surface area (Å²) in [6.45, 7) is 4.58. The quantitative estimate of drug-likeness (QED) is 0.425. The first-order chi connectivity index (χ1) is 24.1. The number of nitrogens with zero attached hydrogens (tertiary/aromatic N) is 2. The van der Waals surface area contributed by atoms with Gasteiger partial charge >= 0.3 is 0 Å². The van der Waals surface area contributed by atoms with Gasteiger partial charge in [0, 0.05) is 71.0 Å². The predicted molar refractivity (Wildman–Crippen MR) is 188 cm³/mol. The van der Waals surface area contributed by atoms with Crippen LogP contribution >= 0.6 is 0 Å². The summed E-state index contributed by atoms with van der Waals surface area (Å²) in [5.74, 6) is -1.70. The molecule has 3 N–H and O–H groups in total. The van der Waals surface area contributed by atoms with E-state index in [-0.39, 0.29) is 61.3 Å². The van der Waals surface area contributed by atoms with E-state index in [0.29, 0.717) is 51.6 Å². The minimum absolute atomic E-state index is 0.0296. The number of alkyl halides is 2. The summed E-state index contributed by atoms with van der Waals surface area (Å²) < 4.78 is 33.3. The Morgan fingerprint density at radius 3 is 2.34 bits per heavy atom. The molecule has 3 aliphatic heterocycles. The number of benzene rings is 2. The number of rotatable bonds is 4. The molecule has 4 aliphatic rings. The summed E-state index contributed by atoms with van der Waals surface area (Å²) in [6.07, 6.45) is 4.41. The van der Waals surface area contributed by atoms with Crippen LogP contribution in [0.15, 0.2) is 48.5 Å². The molecule has 0 bridgehead atoms.